The first-order valence-corrected chi connectivity index (χ1v) is 12.5. The quantitative estimate of drug-likeness (QED) is 0.478. The number of benzene rings is 2. The standard InChI is InChI=1S/C27H28F7N3O2/c1-35-19-8-12-37(13-9-19)23(38)22(14-16-2-4-17(5-3-16)26(29,30)31)36-24(39)25(10-11-25)20-7-6-18(15-21(20)28)27(32,33)34/h2-7,15,19,22,35H,8-14H2,1H3,(H,36,39)/t22-/m0/s1. The van der Waals surface area contributed by atoms with Crippen LogP contribution < -0.4 is 10.6 Å². The number of carbonyl (C=O) groups excluding carboxylic acids is 2. The molecule has 4 rings (SSSR count). The Morgan fingerprint density at radius 2 is 1.51 bits per heavy atom. The summed E-state index contributed by atoms with van der Waals surface area (Å²) in [6.45, 7) is 0.810. The van der Waals surface area contributed by atoms with Crippen molar-refractivity contribution in [1.29, 1.82) is 0 Å². The number of alkyl halides is 6. The van der Waals surface area contributed by atoms with Crippen molar-refractivity contribution in [2.75, 3.05) is 20.1 Å². The minimum atomic E-state index is -4.75. The summed E-state index contributed by atoms with van der Waals surface area (Å²) >= 11 is 0. The second kappa shape index (κ2) is 10.8. The van der Waals surface area contributed by atoms with E-state index >= 15 is 0 Å². The molecule has 2 aliphatic rings. The van der Waals surface area contributed by atoms with Crippen molar-refractivity contribution in [1.82, 2.24) is 15.5 Å². The first-order chi connectivity index (χ1) is 18.2. The summed E-state index contributed by atoms with van der Waals surface area (Å²) in [4.78, 5) is 28.5. The van der Waals surface area contributed by atoms with Crippen molar-refractivity contribution in [3.05, 3.63) is 70.5 Å². The van der Waals surface area contributed by atoms with Crippen molar-refractivity contribution in [2.24, 2.45) is 0 Å². The molecule has 1 heterocycles. The molecule has 5 nitrogen and oxygen atoms in total. The van der Waals surface area contributed by atoms with Crippen molar-refractivity contribution in [2.45, 2.75) is 62.0 Å². The molecule has 2 N–H and O–H groups in total. The maximum atomic E-state index is 14.8. The highest BCUT2D eigenvalue weighted by Gasteiger charge is 2.54. The summed E-state index contributed by atoms with van der Waals surface area (Å²) in [5.74, 6) is -2.31. The smallest absolute Gasteiger partial charge is 0.343 e. The molecule has 1 aliphatic heterocycles. The fourth-order valence-corrected chi connectivity index (χ4v) is 4.99. The van der Waals surface area contributed by atoms with E-state index in [1.807, 2.05) is 7.05 Å². The van der Waals surface area contributed by atoms with E-state index < -0.39 is 52.6 Å². The van der Waals surface area contributed by atoms with Gasteiger partial charge in [-0.15, -0.1) is 0 Å². The molecule has 0 bridgehead atoms. The van der Waals surface area contributed by atoms with Gasteiger partial charge in [-0.2, -0.15) is 26.3 Å². The highest BCUT2D eigenvalue weighted by Crippen LogP contribution is 2.50. The number of nitrogens with zero attached hydrogens (tertiary/aromatic N) is 1. The Balaban J connectivity index is 1.57. The zero-order valence-corrected chi connectivity index (χ0v) is 21.1. The second-order valence-electron chi connectivity index (χ2n) is 10.1. The molecule has 0 aromatic heterocycles. The van der Waals surface area contributed by atoms with Gasteiger partial charge in [0, 0.05) is 31.1 Å². The van der Waals surface area contributed by atoms with Gasteiger partial charge in [0.05, 0.1) is 16.5 Å². The molecule has 0 radical (unpaired) electrons. The zero-order valence-electron chi connectivity index (χ0n) is 21.1. The fraction of sp³-hybridized carbons (Fsp3) is 0.481. The first kappa shape index (κ1) is 28.8. The van der Waals surface area contributed by atoms with Crippen molar-refractivity contribution in [3.63, 3.8) is 0 Å². The van der Waals surface area contributed by atoms with Gasteiger partial charge in [0.25, 0.3) is 0 Å². The maximum Gasteiger partial charge on any atom is 0.416 e. The highest BCUT2D eigenvalue weighted by molar-refractivity contribution is 5.95. The van der Waals surface area contributed by atoms with E-state index in [2.05, 4.69) is 10.6 Å². The molecule has 2 aromatic rings. The molecule has 12 heteroatoms. The van der Waals surface area contributed by atoms with Gasteiger partial charge < -0.3 is 15.5 Å². The summed E-state index contributed by atoms with van der Waals surface area (Å²) < 4.78 is 92.7. The number of carbonyl (C=O) groups is 2. The average molecular weight is 560 g/mol. The first-order valence-electron chi connectivity index (χ1n) is 12.5. The van der Waals surface area contributed by atoms with Gasteiger partial charge >= 0.3 is 12.4 Å². The molecule has 0 spiro atoms. The Labute approximate surface area is 220 Å². The third kappa shape index (κ3) is 6.37. The van der Waals surface area contributed by atoms with Crippen molar-refractivity contribution in [3.8, 4) is 0 Å². The molecular formula is C27H28F7N3O2. The summed E-state index contributed by atoms with van der Waals surface area (Å²) in [6, 6.07) is 5.29. The van der Waals surface area contributed by atoms with Gasteiger partial charge in [-0.25, -0.2) is 4.39 Å². The van der Waals surface area contributed by atoms with Crippen LogP contribution in [0.25, 0.3) is 0 Å². The van der Waals surface area contributed by atoms with Crippen LogP contribution in [-0.4, -0.2) is 48.9 Å². The van der Waals surface area contributed by atoms with E-state index in [1.54, 1.807) is 4.90 Å². The van der Waals surface area contributed by atoms with Crippen LogP contribution in [-0.2, 0) is 33.8 Å². The molecule has 1 saturated heterocycles. The van der Waals surface area contributed by atoms with Crippen LogP contribution >= 0.6 is 0 Å². The van der Waals surface area contributed by atoms with Crippen LogP contribution in [0.3, 0.4) is 0 Å². The Morgan fingerprint density at radius 3 is 2.00 bits per heavy atom. The minimum Gasteiger partial charge on any atom is -0.343 e. The minimum absolute atomic E-state index is 0.111. The summed E-state index contributed by atoms with van der Waals surface area (Å²) in [5, 5.41) is 5.79. The number of piperidine rings is 1. The van der Waals surface area contributed by atoms with E-state index in [-0.39, 0.29) is 30.9 Å². The van der Waals surface area contributed by atoms with Crippen LogP contribution in [0.15, 0.2) is 42.5 Å². The number of likely N-dealkylation sites (tertiary alicyclic amines) is 1. The maximum absolute atomic E-state index is 14.8. The summed E-state index contributed by atoms with van der Waals surface area (Å²) in [7, 11) is 1.81. The topological polar surface area (TPSA) is 61.4 Å². The predicted molar refractivity (Wildman–Crippen MR) is 128 cm³/mol. The van der Waals surface area contributed by atoms with Gasteiger partial charge in [0.1, 0.15) is 11.9 Å². The SMILES string of the molecule is CNC1CCN(C(=O)[C@H](Cc2ccc(C(F)(F)F)cc2)NC(=O)C2(c3ccc(C(F)(F)F)cc3F)CC2)CC1. The molecule has 212 valence electrons. The number of hydrogen-bond acceptors (Lipinski definition) is 3. The van der Waals surface area contributed by atoms with Crippen LogP contribution in [0.4, 0.5) is 30.7 Å². The van der Waals surface area contributed by atoms with E-state index in [0.717, 1.165) is 18.2 Å². The lowest BCUT2D eigenvalue weighted by Gasteiger charge is -2.34. The molecule has 2 fully saturated rings. The average Bonchev–Trinajstić information content (AvgIpc) is 3.69. The molecule has 2 amide bonds. The number of rotatable bonds is 7. The van der Waals surface area contributed by atoms with E-state index in [0.29, 0.717) is 43.6 Å². The number of halogens is 7. The van der Waals surface area contributed by atoms with Gasteiger partial charge in [0.15, 0.2) is 0 Å². The summed E-state index contributed by atoms with van der Waals surface area (Å²) in [5.41, 5.74) is -3.28. The molecule has 1 atom stereocenters. The number of hydrogen-bond donors (Lipinski definition) is 2. The van der Waals surface area contributed by atoms with Gasteiger partial charge in [-0.3, -0.25) is 9.59 Å². The van der Waals surface area contributed by atoms with Crippen LogP contribution in [0.5, 0.6) is 0 Å². The Kier molecular flexibility index (Phi) is 7.98. The molecule has 0 unspecified atom stereocenters. The van der Waals surface area contributed by atoms with E-state index in [9.17, 15) is 40.3 Å². The zero-order chi connectivity index (χ0) is 28.6. The number of nitrogens with one attached hydrogen (secondary N) is 2. The Hall–Kier alpha value is -3.15. The normalized spacial score (nSPS) is 18.5. The van der Waals surface area contributed by atoms with Crippen LogP contribution in [0, 0.1) is 5.82 Å². The van der Waals surface area contributed by atoms with E-state index in [1.165, 1.54) is 12.1 Å². The number of amides is 2. The third-order valence-electron chi connectivity index (χ3n) is 7.54. The largest absolute Gasteiger partial charge is 0.416 e. The van der Waals surface area contributed by atoms with Gasteiger partial charge in [0.2, 0.25) is 11.8 Å². The Bertz CT molecular complexity index is 1200. The predicted octanol–water partition coefficient (Wildman–Crippen LogP) is 4.83. The third-order valence-corrected chi connectivity index (χ3v) is 7.54. The van der Waals surface area contributed by atoms with E-state index in [4.69, 9.17) is 0 Å². The summed E-state index contributed by atoms with van der Waals surface area (Å²) in [6.07, 6.45) is -7.71. The molecule has 39 heavy (non-hydrogen) atoms. The molecular weight excluding hydrogens is 531 g/mol. The lowest BCUT2D eigenvalue weighted by molar-refractivity contribution is -0.138. The second-order valence-corrected chi connectivity index (χ2v) is 10.1. The molecule has 1 saturated carbocycles. The van der Waals surface area contributed by atoms with Crippen molar-refractivity contribution < 1.29 is 40.3 Å². The van der Waals surface area contributed by atoms with Crippen molar-refractivity contribution >= 4 is 11.8 Å². The monoisotopic (exact) mass is 559 g/mol. The van der Waals surface area contributed by atoms with Gasteiger partial charge in [-0.1, -0.05) is 18.2 Å². The van der Waals surface area contributed by atoms with Crippen LogP contribution in [0.2, 0.25) is 0 Å². The lowest BCUT2D eigenvalue weighted by Crippen LogP contribution is -2.54. The Morgan fingerprint density at radius 1 is 0.949 bits per heavy atom. The van der Waals surface area contributed by atoms with Crippen LogP contribution in [0.1, 0.15) is 47.9 Å². The van der Waals surface area contributed by atoms with Gasteiger partial charge in [-0.05, 0) is 62.6 Å². The fourth-order valence-electron chi connectivity index (χ4n) is 4.99. The lowest BCUT2D eigenvalue weighted by atomic mass is 9.92. The highest BCUT2D eigenvalue weighted by atomic mass is 19.4. The molecule has 1 aliphatic carbocycles. The molecule has 2 aromatic carbocycles.